The molecule has 1 aromatic heterocycles. The van der Waals surface area contributed by atoms with Crippen molar-refractivity contribution < 1.29 is 5.11 Å². The van der Waals surface area contributed by atoms with Crippen LogP contribution < -0.4 is 4.65 Å². The first-order valence-corrected chi connectivity index (χ1v) is 8.02. The van der Waals surface area contributed by atoms with Gasteiger partial charge in [-0.25, -0.2) is 4.90 Å². The van der Waals surface area contributed by atoms with E-state index < -0.39 is 16.4 Å². The first kappa shape index (κ1) is 14.9. The van der Waals surface area contributed by atoms with Gasteiger partial charge in [0.15, 0.2) is 0 Å². The third kappa shape index (κ3) is 2.37. The maximum atomic E-state index is 13.0. The molecule has 2 atom stereocenters. The number of terminal acetylenes is 1. The van der Waals surface area contributed by atoms with Crippen molar-refractivity contribution in [3.63, 3.8) is 0 Å². The van der Waals surface area contributed by atoms with Gasteiger partial charge >= 0.3 is 5.13 Å². The van der Waals surface area contributed by atoms with Gasteiger partial charge in [0.1, 0.15) is 11.7 Å². The molecule has 2 aliphatic rings. The summed E-state index contributed by atoms with van der Waals surface area (Å²) in [5.41, 5.74) is -0.563. The molecule has 7 heteroatoms. The lowest BCUT2D eigenvalue weighted by atomic mass is 9.86. The van der Waals surface area contributed by atoms with Crippen LogP contribution in [0.5, 0.6) is 0 Å². The van der Waals surface area contributed by atoms with E-state index in [4.69, 9.17) is 6.42 Å². The normalized spacial score (nSPS) is 31.1. The zero-order valence-corrected chi connectivity index (χ0v) is 13.1. The van der Waals surface area contributed by atoms with Crippen LogP contribution in [0.15, 0.2) is 0 Å². The van der Waals surface area contributed by atoms with E-state index >= 15 is 0 Å². The summed E-state index contributed by atoms with van der Waals surface area (Å²) >= 11 is 1.34. The highest BCUT2D eigenvalue weighted by Crippen LogP contribution is 2.42. The molecule has 0 radical (unpaired) electrons. The van der Waals surface area contributed by atoms with Crippen molar-refractivity contribution in [3.8, 4) is 12.3 Å². The fourth-order valence-electron chi connectivity index (χ4n) is 2.62. The summed E-state index contributed by atoms with van der Waals surface area (Å²) in [4.78, 5) is 1.83. The van der Waals surface area contributed by atoms with Crippen molar-refractivity contribution in [1.29, 1.82) is 0 Å². The average Bonchev–Trinajstić information content (AvgIpc) is 2.95. The topological polar surface area (TPSA) is 72.3 Å². The van der Waals surface area contributed by atoms with Crippen molar-refractivity contribution in [2.45, 2.75) is 50.8 Å². The lowest BCUT2D eigenvalue weighted by Gasteiger charge is -2.38. The number of hydrogen-bond donors (Lipinski definition) is 1. The fraction of sp³-hybridized carbons (Fsp3) is 0.714. The Kier molecular flexibility index (Phi) is 3.55. The third-order valence-corrected chi connectivity index (χ3v) is 5.80. The van der Waals surface area contributed by atoms with Gasteiger partial charge < -0.3 is 10.3 Å². The Balaban J connectivity index is 1.83. The van der Waals surface area contributed by atoms with Crippen LogP contribution in [0.25, 0.3) is 0 Å². The number of β-amino-alcohol motifs (C(OH)–C–C–N with tert-alkyl or cyclic N) is 1. The third-order valence-electron chi connectivity index (χ3n) is 4.60. The zero-order chi connectivity index (χ0) is 15.3. The lowest BCUT2D eigenvalue weighted by Crippen LogP contribution is -2.50. The Morgan fingerprint density at radius 1 is 1.48 bits per heavy atom. The van der Waals surface area contributed by atoms with Gasteiger partial charge in [-0.05, 0) is 38.0 Å². The minimum Gasteiger partial charge on any atom is -0.623 e. The number of quaternary nitrogens is 1. The number of aromatic nitrogens is 2. The van der Waals surface area contributed by atoms with Crippen molar-refractivity contribution in [1.82, 2.24) is 19.7 Å². The molecule has 2 heterocycles. The molecule has 0 aromatic carbocycles. The van der Waals surface area contributed by atoms with Crippen LogP contribution in [0.2, 0.25) is 0 Å². The van der Waals surface area contributed by atoms with Gasteiger partial charge in [-0.15, -0.1) is 11.5 Å². The molecule has 0 bridgehead atoms. The maximum Gasteiger partial charge on any atom is 0.309 e. The molecule has 0 amide bonds. The molecule has 6 nitrogen and oxygen atoms in total. The van der Waals surface area contributed by atoms with Crippen LogP contribution in [-0.4, -0.2) is 45.2 Å². The SMILES string of the molecule is C#CC(C)(C)N1CC(O)[N+]([O-])(c2nnc(C3CCC3)s2)C1. The minimum absolute atomic E-state index is 0.109. The van der Waals surface area contributed by atoms with Gasteiger partial charge in [-0.2, -0.15) is 0 Å². The molecule has 2 fully saturated rings. The molecule has 1 aliphatic heterocycles. The van der Waals surface area contributed by atoms with E-state index in [1.54, 1.807) is 0 Å². The van der Waals surface area contributed by atoms with Gasteiger partial charge in [-0.3, -0.25) is 4.65 Å². The zero-order valence-electron chi connectivity index (χ0n) is 12.3. The van der Waals surface area contributed by atoms with Crippen molar-refractivity contribution in [2.24, 2.45) is 0 Å². The summed E-state index contributed by atoms with van der Waals surface area (Å²) in [5.74, 6) is 3.11. The van der Waals surface area contributed by atoms with Crippen LogP contribution >= 0.6 is 11.3 Å². The van der Waals surface area contributed by atoms with E-state index in [-0.39, 0.29) is 13.2 Å². The quantitative estimate of drug-likeness (QED) is 0.522. The molecular formula is C14H20N4O2S. The van der Waals surface area contributed by atoms with Crippen molar-refractivity contribution in [3.05, 3.63) is 10.2 Å². The van der Waals surface area contributed by atoms with Gasteiger partial charge in [0.25, 0.3) is 0 Å². The average molecular weight is 308 g/mol. The standard InChI is InChI=1S/C14H20N4O2S/c1-4-14(2,3)17-8-11(19)18(20,9-17)13-16-15-12(21-13)10-6-5-7-10/h1,10-11,19H,5-9H2,2-3H3. The lowest BCUT2D eigenvalue weighted by molar-refractivity contribution is 0.0839. The molecule has 21 heavy (non-hydrogen) atoms. The summed E-state index contributed by atoms with van der Waals surface area (Å²) < 4.78 is -0.866. The molecule has 2 unspecified atom stereocenters. The van der Waals surface area contributed by atoms with E-state index in [0.29, 0.717) is 11.0 Å². The molecule has 0 spiro atoms. The van der Waals surface area contributed by atoms with Crippen LogP contribution in [0, 0.1) is 17.6 Å². The van der Waals surface area contributed by atoms with Gasteiger partial charge in [0.05, 0.1) is 12.1 Å². The molecule has 1 aromatic rings. The molecule has 1 saturated heterocycles. The highest BCUT2D eigenvalue weighted by molar-refractivity contribution is 7.15. The summed E-state index contributed by atoms with van der Waals surface area (Å²) in [7, 11) is 0. The number of aliphatic hydroxyl groups excluding tert-OH is 1. The second-order valence-corrected chi connectivity index (χ2v) is 7.38. The molecule has 1 saturated carbocycles. The number of aliphatic hydroxyl groups is 1. The van der Waals surface area contributed by atoms with Gasteiger partial charge in [0.2, 0.25) is 6.23 Å². The first-order chi connectivity index (χ1) is 9.87. The summed E-state index contributed by atoms with van der Waals surface area (Å²) in [6, 6.07) is 0. The molecule has 1 N–H and O–H groups in total. The summed E-state index contributed by atoms with van der Waals surface area (Å²) in [6.07, 6.45) is 7.90. The van der Waals surface area contributed by atoms with Crippen molar-refractivity contribution in [2.75, 3.05) is 13.2 Å². The number of nitrogens with zero attached hydrogens (tertiary/aromatic N) is 4. The summed E-state index contributed by atoms with van der Waals surface area (Å²) in [5, 5.41) is 32.7. The Labute approximate surface area is 128 Å². The first-order valence-electron chi connectivity index (χ1n) is 7.20. The van der Waals surface area contributed by atoms with Crippen LogP contribution in [0.1, 0.15) is 44.0 Å². The second kappa shape index (κ2) is 5.00. The van der Waals surface area contributed by atoms with E-state index in [2.05, 4.69) is 16.1 Å². The molecule has 114 valence electrons. The van der Waals surface area contributed by atoms with E-state index in [0.717, 1.165) is 17.8 Å². The highest BCUT2D eigenvalue weighted by Gasteiger charge is 2.47. The fourth-order valence-corrected chi connectivity index (χ4v) is 3.71. The Morgan fingerprint density at radius 3 is 2.76 bits per heavy atom. The van der Waals surface area contributed by atoms with Crippen LogP contribution in [0.3, 0.4) is 0 Å². The number of hydroxylamine groups is 2. The van der Waals surface area contributed by atoms with Crippen LogP contribution in [-0.2, 0) is 0 Å². The molecule has 1 aliphatic carbocycles. The predicted octanol–water partition coefficient (Wildman–Crippen LogP) is 1.61. The van der Waals surface area contributed by atoms with Gasteiger partial charge in [-0.1, -0.05) is 17.4 Å². The van der Waals surface area contributed by atoms with Gasteiger partial charge in [0, 0.05) is 5.92 Å². The van der Waals surface area contributed by atoms with E-state index in [1.807, 2.05) is 18.7 Å². The largest absolute Gasteiger partial charge is 0.623 e. The number of hydrogen-bond acceptors (Lipinski definition) is 6. The minimum atomic E-state index is -1.07. The van der Waals surface area contributed by atoms with Crippen molar-refractivity contribution >= 4 is 16.5 Å². The highest BCUT2D eigenvalue weighted by atomic mass is 32.1. The Morgan fingerprint density at radius 2 is 2.19 bits per heavy atom. The number of rotatable bonds is 3. The molecular weight excluding hydrogens is 288 g/mol. The predicted molar refractivity (Wildman–Crippen MR) is 82.2 cm³/mol. The Hall–Kier alpha value is -1.04. The summed E-state index contributed by atoms with van der Waals surface area (Å²) in [6.45, 7) is 4.10. The van der Waals surface area contributed by atoms with E-state index in [1.165, 1.54) is 17.8 Å². The maximum absolute atomic E-state index is 13.0. The monoisotopic (exact) mass is 308 g/mol. The van der Waals surface area contributed by atoms with Crippen LogP contribution in [0.4, 0.5) is 5.13 Å². The Bertz CT molecular complexity index is 578. The smallest absolute Gasteiger partial charge is 0.309 e. The second-order valence-electron chi connectivity index (χ2n) is 6.39. The van der Waals surface area contributed by atoms with E-state index in [9.17, 15) is 10.3 Å². The molecule has 3 rings (SSSR count).